The maximum absolute atomic E-state index is 13.7. The van der Waals surface area contributed by atoms with E-state index in [1.807, 2.05) is 18.2 Å². The fraction of sp³-hybridized carbons (Fsp3) is 0.212. The lowest BCUT2D eigenvalue weighted by Gasteiger charge is -2.21. The van der Waals surface area contributed by atoms with E-state index in [0.717, 1.165) is 29.1 Å². The molecule has 3 aromatic heterocycles. The van der Waals surface area contributed by atoms with E-state index in [0.29, 0.717) is 33.3 Å². The first-order chi connectivity index (χ1) is 22.0. The molecule has 4 N–H and O–H groups in total. The van der Waals surface area contributed by atoms with Crippen LogP contribution in [0.15, 0.2) is 85.2 Å². The molecule has 1 saturated carbocycles. The second-order valence-electron chi connectivity index (χ2n) is 11.3. The smallest absolute Gasteiger partial charge is 0.253 e. The summed E-state index contributed by atoms with van der Waals surface area (Å²) >= 11 is 0. The number of hydrogen-bond donors (Lipinski definition) is 3. The van der Waals surface area contributed by atoms with Gasteiger partial charge in [-0.3, -0.25) is 14.6 Å². The first-order valence-corrected chi connectivity index (χ1v) is 16.4. The van der Waals surface area contributed by atoms with Gasteiger partial charge in [-0.1, -0.05) is 18.2 Å². The summed E-state index contributed by atoms with van der Waals surface area (Å²) in [5, 5.41) is 17.3. The van der Waals surface area contributed by atoms with Crippen LogP contribution in [0.2, 0.25) is 0 Å². The molecule has 0 bridgehead atoms. The number of primary amides is 1. The molecular formula is C33H31FN6O5S. The van der Waals surface area contributed by atoms with Crippen molar-refractivity contribution in [2.45, 2.75) is 24.9 Å². The van der Waals surface area contributed by atoms with Crippen molar-refractivity contribution in [2.24, 2.45) is 5.73 Å². The Morgan fingerprint density at radius 2 is 1.83 bits per heavy atom. The van der Waals surface area contributed by atoms with E-state index < -0.39 is 33.9 Å². The lowest BCUT2D eigenvalue weighted by Crippen LogP contribution is -2.35. The molecule has 5 aromatic rings. The van der Waals surface area contributed by atoms with Gasteiger partial charge in [0.25, 0.3) is 11.8 Å². The summed E-state index contributed by atoms with van der Waals surface area (Å²) in [6.45, 7) is -0.691. The van der Waals surface area contributed by atoms with Crippen LogP contribution < -0.4 is 11.1 Å². The van der Waals surface area contributed by atoms with Crippen molar-refractivity contribution in [3.8, 4) is 22.4 Å². The molecule has 1 aliphatic rings. The normalized spacial score (nSPS) is 14.0. The number of benzene rings is 2. The average Bonchev–Trinajstić information content (AvgIpc) is 3.72. The third-order valence-electron chi connectivity index (χ3n) is 8.08. The van der Waals surface area contributed by atoms with E-state index in [9.17, 15) is 27.5 Å². The molecule has 0 aliphatic heterocycles. The van der Waals surface area contributed by atoms with Gasteiger partial charge >= 0.3 is 0 Å². The van der Waals surface area contributed by atoms with E-state index in [-0.39, 0.29) is 30.3 Å². The molecule has 0 atom stereocenters. The molecule has 0 radical (unpaired) electrons. The summed E-state index contributed by atoms with van der Waals surface area (Å²) < 4.78 is 41.5. The number of aliphatic hydroxyl groups is 1. The fourth-order valence-corrected chi connectivity index (χ4v) is 6.36. The molecule has 11 nitrogen and oxygen atoms in total. The number of rotatable bonds is 11. The van der Waals surface area contributed by atoms with Crippen LogP contribution in [0.1, 0.15) is 44.8 Å². The number of nitrogens with one attached hydrogen (secondary N) is 1. The Morgan fingerprint density at radius 3 is 2.46 bits per heavy atom. The number of carbonyl (C=O) groups is 2. The van der Waals surface area contributed by atoms with Gasteiger partial charge < -0.3 is 16.2 Å². The van der Waals surface area contributed by atoms with Crippen LogP contribution in [0.25, 0.3) is 27.9 Å². The molecule has 13 heteroatoms. The van der Waals surface area contributed by atoms with Crippen molar-refractivity contribution in [3.63, 3.8) is 0 Å². The lowest BCUT2D eigenvalue weighted by molar-refractivity contribution is 0.0928. The minimum atomic E-state index is -3.74. The van der Waals surface area contributed by atoms with Crippen molar-refractivity contribution < 1.29 is 27.5 Å². The molecule has 6 rings (SSSR count). The molecule has 236 valence electrons. The van der Waals surface area contributed by atoms with Gasteiger partial charge in [-0.25, -0.2) is 17.3 Å². The van der Waals surface area contributed by atoms with Gasteiger partial charge in [-0.2, -0.15) is 9.40 Å². The highest BCUT2D eigenvalue weighted by molar-refractivity contribution is 7.88. The Labute approximate surface area is 264 Å². The Bertz CT molecular complexity index is 2060. The molecule has 0 unspecified atom stereocenters. The number of hydrogen-bond acceptors (Lipinski definition) is 7. The molecule has 46 heavy (non-hydrogen) atoms. The van der Waals surface area contributed by atoms with Crippen LogP contribution in [0.4, 0.5) is 4.39 Å². The predicted molar refractivity (Wildman–Crippen MR) is 169 cm³/mol. The first kappa shape index (κ1) is 31.0. The van der Waals surface area contributed by atoms with E-state index >= 15 is 0 Å². The summed E-state index contributed by atoms with van der Waals surface area (Å²) in [5.74, 6) is -1.52. The predicted octanol–water partition coefficient (Wildman–Crippen LogP) is 3.47. The van der Waals surface area contributed by atoms with E-state index in [1.165, 1.54) is 28.8 Å². The van der Waals surface area contributed by atoms with E-state index in [4.69, 9.17) is 5.73 Å². The quantitative estimate of drug-likeness (QED) is 0.199. The Balaban J connectivity index is 1.47. The summed E-state index contributed by atoms with van der Waals surface area (Å²) in [6.07, 6.45) is 5.85. The largest absolute Gasteiger partial charge is 0.395 e. The van der Waals surface area contributed by atoms with Crippen molar-refractivity contribution in [1.82, 2.24) is 24.2 Å². The van der Waals surface area contributed by atoms with Gasteiger partial charge in [-0.15, -0.1) is 0 Å². The lowest BCUT2D eigenvalue weighted by atomic mass is 9.97. The minimum Gasteiger partial charge on any atom is -0.395 e. The van der Waals surface area contributed by atoms with Gasteiger partial charge in [0.2, 0.25) is 10.0 Å². The number of amides is 2. The van der Waals surface area contributed by atoms with Gasteiger partial charge in [0.05, 0.1) is 35.2 Å². The summed E-state index contributed by atoms with van der Waals surface area (Å²) in [4.78, 5) is 30.7. The SMILES string of the molecule is CS(=O)(=O)N(CCO)Cc1cn2nc(-c3ccc(F)cc3)c(C(N)=O)c2cc1-c1cccc(C(=O)NC2(c3ccccn3)CC2)c1. The number of nitrogens with zero attached hydrogens (tertiary/aromatic N) is 4. The van der Waals surface area contributed by atoms with Crippen LogP contribution in [0.5, 0.6) is 0 Å². The second-order valence-corrected chi connectivity index (χ2v) is 13.3. The highest BCUT2D eigenvalue weighted by Crippen LogP contribution is 2.44. The van der Waals surface area contributed by atoms with Crippen LogP contribution in [-0.4, -0.2) is 63.6 Å². The number of fused-ring (bicyclic) bond motifs is 1. The van der Waals surface area contributed by atoms with Crippen molar-refractivity contribution in [2.75, 3.05) is 19.4 Å². The first-order valence-electron chi connectivity index (χ1n) is 14.5. The topological polar surface area (TPSA) is 160 Å². The van der Waals surface area contributed by atoms with Crippen LogP contribution >= 0.6 is 0 Å². The Hall–Kier alpha value is -4.98. The minimum absolute atomic E-state index is 0.0923. The number of carbonyl (C=O) groups excluding carboxylic acids is 2. The zero-order valence-corrected chi connectivity index (χ0v) is 25.7. The molecule has 3 heterocycles. The highest BCUT2D eigenvalue weighted by Gasteiger charge is 2.47. The molecule has 2 aromatic carbocycles. The highest BCUT2D eigenvalue weighted by atomic mass is 32.2. The zero-order valence-electron chi connectivity index (χ0n) is 24.9. The average molecular weight is 643 g/mol. The van der Waals surface area contributed by atoms with Crippen molar-refractivity contribution in [1.29, 1.82) is 0 Å². The summed E-state index contributed by atoms with van der Waals surface area (Å²) in [6, 6.07) is 19.6. The number of aliphatic hydroxyl groups excluding tert-OH is 1. The van der Waals surface area contributed by atoms with E-state index in [1.54, 1.807) is 42.7 Å². The zero-order chi connectivity index (χ0) is 32.6. The molecule has 1 fully saturated rings. The maximum Gasteiger partial charge on any atom is 0.253 e. The number of sulfonamides is 1. The summed E-state index contributed by atoms with van der Waals surface area (Å²) in [7, 11) is -3.74. The van der Waals surface area contributed by atoms with Gasteiger partial charge in [-0.05, 0) is 84.1 Å². The third kappa shape index (κ3) is 6.12. The number of nitrogens with two attached hydrogens (primary N) is 1. The van der Waals surface area contributed by atoms with Gasteiger partial charge in [0.1, 0.15) is 11.5 Å². The monoisotopic (exact) mass is 642 g/mol. The van der Waals surface area contributed by atoms with Gasteiger partial charge in [0, 0.05) is 36.6 Å². The Kier molecular flexibility index (Phi) is 8.15. The molecule has 0 spiro atoms. The van der Waals surface area contributed by atoms with Gasteiger partial charge in [0.15, 0.2) is 0 Å². The molecule has 2 amide bonds. The van der Waals surface area contributed by atoms with Crippen LogP contribution in [0, 0.1) is 5.82 Å². The Morgan fingerprint density at radius 1 is 1.07 bits per heavy atom. The summed E-state index contributed by atoms with van der Waals surface area (Å²) in [5.41, 5.74) is 9.14. The molecule has 0 saturated heterocycles. The molecule has 1 aliphatic carbocycles. The standard InChI is InChI=1S/C33H31FN6O5S/c1-46(44,45)39(15-16-41)19-24-20-40-27(29(31(35)42)30(38-40)21-8-10-25(34)11-9-21)18-26(24)22-5-4-6-23(17-22)32(43)37-33(12-13-33)28-7-2-3-14-36-28/h2-11,14,17-18,20,41H,12-13,15-16,19H2,1H3,(H2,35,42)(H,37,43). The number of aromatic nitrogens is 3. The van der Waals surface area contributed by atoms with Crippen molar-refractivity contribution >= 4 is 27.4 Å². The number of halogens is 1. The van der Waals surface area contributed by atoms with Crippen LogP contribution in [0.3, 0.4) is 0 Å². The van der Waals surface area contributed by atoms with Crippen LogP contribution in [-0.2, 0) is 22.1 Å². The maximum atomic E-state index is 13.7. The van der Waals surface area contributed by atoms with Crippen molar-refractivity contribution in [3.05, 3.63) is 113 Å². The third-order valence-corrected chi connectivity index (χ3v) is 9.33. The van der Waals surface area contributed by atoms with E-state index in [2.05, 4.69) is 15.4 Å². The number of pyridine rings is 2. The second kappa shape index (κ2) is 12.1. The fourth-order valence-electron chi connectivity index (χ4n) is 5.58. The molecular weight excluding hydrogens is 611 g/mol.